The Labute approximate surface area is 120 Å². The lowest BCUT2D eigenvalue weighted by Gasteiger charge is -2.29. The quantitative estimate of drug-likeness (QED) is 0.900. The van der Waals surface area contributed by atoms with Crippen LogP contribution in [0, 0.1) is 23.2 Å². The van der Waals surface area contributed by atoms with Gasteiger partial charge in [0.05, 0.1) is 17.2 Å². The topological polar surface area (TPSA) is 52.9 Å². The van der Waals surface area contributed by atoms with E-state index in [1.165, 1.54) is 0 Å². The zero-order chi connectivity index (χ0) is 15.5. The van der Waals surface area contributed by atoms with E-state index < -0.39 is 23.9 Å². The summed E-state index contributed by atoms with van der Waals surface area (Å²) in [6.45, 7) is 0. The first-order valence-electron chi connectivity index (χ1n) is 6.78. The Kier molecular flexibility index (Phi) is 4.51. The number of halogens is 3. The SMILES string of the molecule is N#Cc1ccccc1NC(=O)C1CCCC(C(F)(F)F)C1. The average Bonchev–Trinajstić information content (AvgIpc) is 2.47. The fourth-order valence-corrected chi connectivity index (χ4v) is 2.65. The molecule has 3 nitrogen and oxygen atoms in total. The largest absolute Gasteiger partial charge is 0.391 e. The Hall–Kier alpha value is -2.03. The summed E-state index contributed by atoms with van der Waals surface area (Å²) in [4.78, 5) is 12.1. The molecular formula is C15H15F3N2O. The predicted octanol–water partition coefficient (Wildman–Crippen LogP) is 3.87. The third-order valence-electron chi connectivity index (χ3n) is 3.81. The van der Waals surface area contributed by atoms with Crippen LogP contribution in [0.5, 0.6) is 0 Å². The molecular weight excluding hydrogens is 281 g/mol. The standard InChI is InChI=1S/C15H15F3N2O/c16-15(17,18)12-6-3-5-10(8-12)14(21)20-13-7-2-1-4-11(13)9-19/h1-2,4,7,10,12H,3,5-6,8H2,(H,20,21). The molecule has 0 aliphatic heterocycles. The lowest BCUT2D eigenvalue weighted by molar-refractivity contribution is -0.185. The van der Waals surface area contributed by atoms with Crippen molar-refractivity contribution in [1.82, 2.24) is 0 Å². The van der Waals surface area contributed by atoms with E-state index in [4.69, 9.17) is 5.26 Å². The average molecular weight is 296 g/mol. The summed E-state index contributed by atoms with van der Waals surface area (Å²) in [5.41, 5.74) is 0.646. The van der Waals surface area contributed by atoms with E-state index in [1.54, 1.807) is 24.3 Å². The summed E-state index contributed by atoms with van der Waals surface area (Å²) < 4.78 is 38.2. The van der Waals surface area contributed by atoms with Crippen molar-refractivity contribution in [2.24, 2.45) is 11.8 Å². The Bertz CT molecular complexity index is 563. The third kappa shape index (κ3) is 3.75. The van der Waals surface area contributed by atoms with Gasteiger partial charge < -0.3 is 5.32 Å². The van der Waals surface area contributed by atoms with Gasteiger partial charge in [0.2, 0.25) is 5.91 Å². The number of amides is 1. The van der Waals surface area contributed by atoms with Gasteiger partial charge >= 0.3 is 6.18 Å². The van der Waals surface area contributed by atoms with Crippen molar-refractivity contribution in [3.8, 4) is 6.07 Å². The fourth-order valence-electron chi connectivity index (χ4n) is 2.65. The third-order valence-corrected chi connectivity index (χ3v) is 3.81. The van der Waals surface area contributed by atoms with Crippen LogP contribution in [0.4, 0.5) is 18.9 Å². The summed E-state index contributed by atoms with van der Waals surface area (Å²) in [6, 6.07) is 8.39. The maximum atomic E-state index is 12.7. The number of carbonyl (C=O) groups excluding carboxylic acids is 1. The van der Waals surface area contributed by atoms with Crippen molar-refractivity contribution in [2.75, 3.05) is 5.32 Å². The molecule has 6 heteroatoms. The highest BCUT2D eigenvalue weighted by Crippen LogP contribution is 2.40. The van der Waals surface area contributed by atoms with Crippen molar-refractivity contribution in [3.05, 3.63) is 29.8 Å². The zero-order valence-electron chi connectivity index (χ0n) is 11.3. The van der Waals surface area contributed by atoms with Crippen LogP contribution in [0.2, 0.25) is 0 Å². The molecule has 0 aromatic heterocycles. The molecule has 2 rings (SSSR count). The summed E-state index contributed by atoms with van der Waals surface area (Å²) in [5, 5.41) is 11.5. The molecule has 1 saturated carbocycles. The second kappa shape index (κ2) is 6.17. The lowest BCUT2D eigenvalue weighted by Crippen LogP contribution is -2.34. The van der Waals surface area contributed by atoms with E-state index in [0.29, 0.717) is 24.1 Å². The molecule has 2 unspecified atom stereocenters. The van der Waals surface area contributed by atoms with Crippen LogP contribution in [-0.4, -0.2) is 12.1 Å². The number of carbonyl (C=O) groups is 1. The number of alkyl halides is 3. The van der Waals surface area contributed by atoms with Gasteiger partial charge in [0, 0.05) is 5.92 Å². The molecule has 1 N–H and O–H groups in total. The minimum atomic E-state index is -4.25. The molecule has 21 heavy (non-hydrogen) atoms. The highest BCUT2D eigenvalue weighted by molar-refractivity contribution is 5.93. The van der Waals surface area contributed by atoms with Crippen molar-refractivity contribution < 1.29 is 18.0 Å². The highest BCUT2D eigenvalue weighted by atomic mass is 19.4. The maximum Gasteiger partial charge on any atom is 0.391 e. The molecule has 1 aliphatic rings. The molecule has 112 valence electrons. The monoisotopic (exact) mass is 296 g/mol. The lowest BCUT2D eigenvalue weighted by atomic mass is 9.80. The number of nitrogens with zero attached hydrogens (tertiary/aromatic N) is 1. The number of anilines is 1. The van der Waals surface area contributed by atoms with Gasteiger partial charge in [-0.05, 0) is 31.4 Å². The van der Waals surface area contributed by atoms with Gasteiger partial charge in [-0.25, -0.2) is 0 Å². The van der Waals surface area contributed by atoms with Gasteiger partial charge in [-0.15, -0.1) is 0 Å². The van der Waals surface area contributed by atoms with Gasteiger partial charge in [-0.3, -0.25) is 4.79 Å². The van der Waals surface area contributed by atoms with Crippen LogP contribution in [-0.2, 0) is 4.79 Å². The summed E-state index contributed by atoms with van der Waals surface area (Å²) >= 11 is 0. The van der Waals surface area contributed by atoms with E-state index in [0.717, 1.165) is 0 Å². The molecule has 0 bridgehead atoms. The van der Waals surface area contributed by atoms with Crippen molar-refractivity contribution in [3.63, 3.8) is 0 Å². The van der Waals surface area contributed by atoms with Crippen molar-refractivity contribution in [2.45, 2.75) is 31.9 Å². The summed E-state index contributed by atoms with van der Waals surface area (Å²) in [6.07, 6.45) is -3.50. The Morgan fingerprint density at radius 1 is 1.29 bits per heavy atom. The van der Waals surface area contributed by atoms with E-state index in [1.807, 2.05) is 6.07 Å². The fraction of sp³-hybridized carbons (Fsp3) is 0.467. The van der Waals surface area contributed by atoms with Crippen molar-refractivity contribution >= 4 is 11.6 Å². The van der Waals surface area contributed by atoms with Crippen LogP contribution in [0.3, 0.4) is 0 Å². The van der Waals surface area contributed by atoms with Crippen molar-refractivity contribution in [1.29, 1.82) is 5.26 Å². The number of benzene rings is 1. The molecule has 2 atom stereocenters. The first-order valence-corrected chi connectivity index (χ1v) is 6.78. The molecule has 1 fully saturated rings. The minimum Gasteiger partial charge on any atom is -0.325 e. The van der Waals surface area contributed by atoms with Gasteiger partial charge in [0.25, 0.3) is 0 Å². The number of para-hydroxylation sites is 1. The van der Waals surface area contributed by atoms with Crippen LogP contribution in [0.1, 0.15) is 31.2 Å². The van der Waals surface area contributed by atoms with Gasteiger partial charge in [0.1, 0.15) is 6.07 Å². The van der Waals surface area contributed by atoms with Gasteiger partial charge in [-0.2, -0.15) is 18.4 Å². The van der Waals surface area contributed by atoms with Crippen LogP contribution < -0.4 is 5.32 Å². The Balaban J connectivity index is 2.05. The summed E-state index contributed by atoms with van der Waals surface area (Å²) in [5.74, 6) is -2.50. The van der Waals surface area contributed by atoms with E-state index >= 15 is 0 Å². The molecule has 1 aliphatic carbocycles. The van der Waals surface area contributed by atoms with Crippen LogP contribution in [0.15, 0.2) is 24.3 Å². The maximum absolute atomic E-state index is 12.7. The highest BCUT2D eigenvalue weighted by Gasteiger charge is 2.43. The first-order chi connectivity index (χ1) is 9.91. The van der Waals surface area contributed by atoms with Crippen LogP contribution in [0.25, 0.3) is 0 Å². The Morgan fingerprint density at radius 2 is 2.00 bits per heavy atom. The second-order valence-electron chi connectivity index (χ2n) is 5.25. The number of nitriles is 1. The molecule has 0 radical (unpaired) electrons. The number of rotatable bonds is 2. The molecule has 1 aromatic rings. The van der Waals surface area contributed by atoms with Gasteiger partial charge in [0.15, 0.2) is 0 Å². The first kappa shape index (κ1) is 15.4. The van der Waals surface area contributed by atoms with Gasteiger partial charge in [-0.1, -0.05) is 18.6 Å². The van der Waals surface area contributed by atoms with Crippen LogP contribution >= 0.6 is 0 Å². The number of hydrogen-bond acceptors (Lipinski definition) is 2. The molecule has 0 heterocycles. The molecule has 0 saturated heterocycles. The molecule has 1 amide bonds. The second-order valence-corrected chi connectivity index (χ2v) is 5.25. The summed E-state index contributed by atoms with van der Waals surface area (Å²) in [7, 11) is 0. The van der Waals surface area contributed by atoms with E-state index in [-0.39, 0.29) is 12.8 Å². The zero-order valence-corrected chi connectivity index (χ0v) is 11.3. The predicted molar refractivity (Wildman–Crippen MR) is 71.3 cm³/mol. The molecule has 0 spiro atoms. The molecule has 1 aromatic carbocycles. The number of nitrogens with one attached hydrogen (secondary N) is 1. The normalized spacial score (nSPS) is 22.4. The van der Waals surface area contributed by atoms with E-state index in [2.05, 4.69) is 5.32 Å². The Morgan fingerprint density at radius 3 is 2.67 bits per heavy atom. The smallest absolute Gasteiger partial charge is 0.325 e. The minimum absolute atomic E-state index is 0.0854. The number of hydrogen-bond donors (Lipinski definition) is 1. The van der Waals surface area contributed by atoms with E-state index in [9.17, 15) is 18.0 Å².